The van der Waals surface area contributed by atoms with Gasteiger partial charge in [0.1, 0.15) is 6.10 Å². The van der Waals surface area contributed by atoms with E-state index in [0.717, 1.165) is 12.2 Å². The molecule has 0 aliphatic carbocycles. The summed E-state index contributed by atoms with van der Waals surface area (Å²) in [7, 11) is 1.59. The van der Waals surface area contributed by atoms with Crippen LogP contribution in [0.15, 0.2) is 42.6 Å². The minimum atomic E-state index is -0.334. The highest BCUT2D eigenvalue weighted by Gasteiger charge is 2.29. The molecule has 1 aromatic heterocycles. The first-order chi connectivity index (χ1) is 11.3. The largest absolute Gasteiger partial charge is 0.493 e. The highest BCUT2D eigenvalue weighted by atomic mass is 35.5. The molecule has 0 bridgehead atoms. The molecule has 3 rings (SSSR count). The number of hydrogen-bond acceptors (Lipinski definition) is 5. The van der Waals surface area contributed by atoms with Crippen LogP contribution in [0.2, 0.25) is 5.02 Å². The van der Waals surface area contributed by atoms with Crippen molar-refractivity contribution in [1.82, 2.24) is 10.3 Å². The van der Waals surface area contributed by atoms with Gasteiger partial charge in [0.15, 0.2) is 17.6 Å². The van der Waals surface area contributed by atoms with E-state index in [9.17, 15) is 0 Å². The van der Waals surface area contributed by atoms with E-state index in [2.05, 4.69) is 10.3 Å². The molecule has 122 valence electrons. The zero-order valence-electron chi connectivity index (χ0n) is 12.9. The molecule has 1 N–H and O–H groups in total. The Hall–Kier alpha value is -1.82. The molecule has 2 unspecified atom stereocenters. The molecule has 1 aliphatic rings. The fourth-order valence-corrected chi connectivity index (χ4v) is 2.69. The lowest BCUT2D eigenvalue weighted by Gasteiger charge is -2.31. The lowest BCUT2D eigenvalue weighted by atomic mass is 10.1. The van der Waals surface area contributed by atoms with E-state index in [1.807, 2.05) is 18.2 Å². The third-order valence-electron chi connectivity index (χ3n) is 3.65. The molecule has 2 aromatic rings. The van der Waals surface area contributed by atoms with Gasteiger partial charge in [0.2, 0.25) is 0 Å². The van der Waals surface area contributed by atoms with Gasteiger partial charge in [-0.1, -0.05) is 17.7 Å². The van der Waals surface area contributed by atoms with Crippen LogP contribution in [0.4, 0.5) is 0 Å². The molecule has 6 heteroatoms. The van der Waals surface area contributed by atoms with Crippen molar-refractivity contribution in [1.29, 1.82) is 0 Å². The highest BCUT2D eigenvalue weighted by Crippen LogP contribution is 2.34. The van der Waals surface area contributed by atoms with Gasteiger partial charge in [-0.05, 0) is 24.3 Å². The number of nitrogens with one attached hydrogen (secondary N) is 1. The maximum absolute atomic E-state index is 6.21. The molecule has 1 aromatic carbocycles. The lowest BCUT2D eigenvalue weighted by Crippen LogP contribution is -2.43. The van der Waals surface area contributed by atoms with Crippen molar-refractivity contribution in [2.24, 2.45) is 0 Å². The van der Waals surface area contributed by atoms with Gasteiger partial charge in [0.25, 0.3) is 0 Å². The summed E-state index contributed by atoms with van der Waals surface area (Å²) in [5.74, 6) is 1.20. The number of ether oxygens (including phenoxy) is 3. The fraction of sp³-hybridized carbons (Fsp3) is 0.353. The van der Waals surface area contributed by atoms with E-state index in [1.165, 1.54) is 0 Å². The average Bonchev–Trinajstić information content (AvgIpc) is 2.62. The number of benzene rings is 1. The molecule has 0 amide bonds. The number of rotatable bonds is 5. The number of nitrogens with zero attached hydrogens (tertiary/aromatic N) is 1. The summed E-state index contributed by atoms with van der Waals surface area (Å²) in [6.45, 7) is 2.20. The first kappa shape index (κ1) is 16.1. The van der Waals surface area contributed by atoms with E-state index in [1.54, 1.807) is 31.5 Å². The first-order valence-electron chi connectivity index (χ1n) is 7.51. The summed E-state index contributed by atoms with van der Waals surface area (Å²) in [5, 5.41) is 3.92. The van der Waals surface area contributed by atoms with Gasteiger partial charge < -0.3 is 19.5 Å². The number of morpholine rings is 1. The van der Waals surface area contributed by atoms with Crippen molar-refractivity contribution in [2.45, 2.75) is 12.2 Å². The summed E-state index contributed by atoms with van der Waals surface area (Å²) in [4.78, 5) is 4.42. The van der Waals surface area contributed by atoms with Gasteiger partial charge >= 0.3 is 0 Å². The summed E-state index contributed by atoms with van der Waals surface area (Å²) < 4.78 is 17.4. The topological polar surface area (TPSA) is 52.6 Å². The number of methoxy groups -OCH3 is 1. The molecule has 0 saturated carbocycles. The monoisotopic (exact) mass is 334 g/mol. The van der Waals surface area contributed by atoms with Crippen LogP contribution >= 0.6 is 11.6 Å². The van der Waals surface area contributed by atoms with E-state index in [0.29, 0.717) is 29.7 Å². The smallest absolute Gasteiger partial charge is 0.168 e. The summed E-state index contributed by atoms with van der Waals surface area (Å²) in [6, 6.07) is 11.1. The Bertz CT molecular complexity index is 633. The number of aromatic nitrogens is 1. The second kappa shape index (κ2) is 7.64. The van der Waals surface area contributed by atoms with Gasteiger partial charge in [0, 0.05) is 30.4 Å². The van der Waals surface area contributed by atoms with Gasteiger partial charge in [-0.25, -0.2) is 0 Å². The molecule has 0 radical (unpaired) electrons. The molecule has 1 fully saturated rings. The standard InChI is InChI=1S/C17H19ClN2O3/c1-21-15-10-12(18)5-6-14(15)23-17(13-4-2-3-7-20-13)16-11-19-8-9-22-16/h2-7,10,16-17,19H,8-9,11H2,1H3. The quantitative estimate of drug-likeness (QED) is 0.911. The first-order valence-corrected chi connectivity index (χ1v) is 7.89. The molecule has 0 spiro atoms. The van der Waals surface area contributed by atoms with Crippen LogP contribution in [0.1, 0.15) is 11.8 Å². The molecule has 2 heterocycles. The Balaban J connectivity index is 1.89. The van der Waals surface area contributed by atoms with Gasteiger partial charge in [-0.15, -0.1) is 0 Å². The molecule has 23 heavy (non-hydrogen) atoms. The van der Waals surface area contributed by atoms with E-state index < -0.39 is 0 Å². The average molecular weight is 335 g/mol. The van der Waals surface area contributed by atoms with E-state index >= 15 is 0 Å². The predicted octanol–water partition coefficient (Wildman–Crippen LogP) is 2.85. The van der Waals surface area contributed by atoms with Crippen LogP contribution < -0.4 is 14.8 Å². The fourth-order valence-electron chi connectivity index (χ4n) is 2.53. The maximum Gasteiger partial charge on any atom is 0.168 e. The van der Waals surface area contributed by atoms with Gasteiger partial charge in [-0.2, -0.15) is 0 Å². The van der Waals surface area contributed by atoms with Crippen molar-refractivity contribution in [3.8, 4) is 11.5 Å². The molecular weight excluding hydrogens is 316 g/mol. The van der Waals surface area contributed by atoms with Crippen molar-refractivity contribution in [3.63, 3.8) is 0 Å². The summed E-state index contributed by atoms with van der Waals surface area (Å²) >= 11 is 6.02. The summed E-state index contributed by atoms with van der Waals surface area (Å²) in [6.07, 6.45) is 1.29. The zero-order valence-corrected chi connectivity index (χ0v) is 13.6. The molecule has 5 nitrogen and oxygen atoms in total. The van der Waals surface area contributed by atoms with Crippen LogP contribution in [0, 0.1) is 0 Å². The Labute approximate surface area is 140 Å². The minimum absolute atomic E-state index is 0.126. The Morgan fingerprint density at radius 2 is 2.22 bits per heavy atom. The SMILES string of the molecule is COc1cc(Cl)ccc1OC(c1ccccn1)C1CNCCO1. The Morgan fingerprint density at radius 3 is 2.91 bits per heavy atom. The van der Waals surface area contributed by atoms with Crippen LogP contribution in [-0.2, 0) is 4.74 Å². The lowest BCUT2D eigenvalue weighted by molar-refractivity contribution is -0.0452. The number of pyridine rings is 1. The van der Waals surface area contributed by atoms with Crippen LogP contribution in [0.5, 0.6) is 11.5 Å². The third kappa shape index (κ3) is 3.93. The van der Waals surface area contributed by atoms with Crippen molar-refractivity contribution in [3.05, 3.63) is 53.3 Å². The van der Waals surface area contributed by atoms with Gasteiger partial charge in [0.05, 0.1) is 19.4 Å². The predicted molar refractivity (Wildman–Crippen MR) is 88.2 cm³/mol. The van der Waals surface area contributed by atoms with Crippen molar-refractivity contribution >= 4 is 11.6 Å². The Morgan fingerprint density at radius 1 is 1.30 bits per heavy atom. The second-order valence-corrected chi connectivity index (χ2v) is 5.64. The summed E-state index contributed by atoms with van der Waals surface area (Å²) in [5.41, 5.74) is 0.818. The Kier molecular flexibility index (Phi) is 5.33. The molecular formula is C17H19ClN2O3. The third-order valence-corrected chi connectivity index (χ3v) is 3.89. The van der Waals surface area contributed by atoms with Crippen molar-refractivity contribution < 1.29 is 14.2 Å². The normalized spacial score (nSPS) is 19.1. The maximum atomic E-state index is 6.21. The molecule has 2 atom stereocenters. The van der Waals surface area contributed by atoms with Crippen LogP contribution in [-0.4, -0.2) is 37.9 Å². The van der Waals surface area contributed by atoms with E-state index in [4.69, 9.17) is 25.8 Å². The number of halogens is 1. The number of hydrogen-bond donors (Lipinski definition) is 1. The molecule has 1 aliphatic heterocycles. The van der Waals surface area contributed by atoms with Crippen LogP contribution in [0.3, 0.4) is 0 Å². The van der Waals surface area contributed by atoms with E-state index in [-0.39, 0.29) is 12.2 Å². The van der Waals surface area contributed by atoms with Crippen LogP contribution in [0.25, 0.3) is 0 Å². The van der Waals surface area contributed by atoms with Crippen molar-refractivity contribution in [2.75, 3.05) is 26.8 Å². The zero-order chi connectivity index (χ0) is 16.1. The minimum Gasteiger partial charge on any atom is -0.493 e. The van der Waals surface area contributed by atoms with Gasteiger partial charge in [-0.3, -0.25) is 4.98 Å². The molecule has 1 saturated heterocycles. The second-order valence-electron chi connectivity index (χ2n) is 5.20. The highest BCUT2D eigenvalue weighted by molar-refractivity contribution is 6.30.